The third-order valence-electron chi connectivity index (χ3n) is 8.13. The molecule has 10 nitrogen and oxygen atoms in total. The predicted octanol–water partition coefficient (Wildman–Crippen LogP) is 3.33. The second kappa shape index (κ2) is 13.3. The van der Waals surface area contributed by atoms with Crippen LogP contribution >= 0.6 is 0 Å². The summed E-state index contributed by atoms with van der Waals surface area (Å²) < 4.78 is 11.6. The minimum Gasteiger partial charge on any atom is -0.479 e. The number of benzene rings is 1. The van der Waals surface area contributed by atoms with Crippen LogP contribution in [0.1, 0.15) is 69.4 Å². The number of aryl methyl sites for hydroxylation is 1. The average Bonchev–Trinajstić information content (AvgIpc) is 3.49. The van der Waals surface area contributed by atoms with Crippen molar-refractivity contribution < 1.29 is 33.8 Å². The number of rotatable bonds is 7. The zero-order valence-corrected chi connectivity index (χ0v) is 23.2. The van der Waals surface area contributed by atoms with Crippen molar-refractivity contribution in [2.45, 2.75) is 95.0 Å². The number of amides is 3. The Bertz CT molecular complexity index is 1110. The van der Waals surface area contributed by atoms with Gasteiger partial charge in [-0.1, -0.05) is 50.1 Å². The summed E-state index contributed by atoms with van der Waals surface area (Å²) in [4.78, 5) is 53.4. The summed E-state index contributed by atoms with van der Waals surface area (Å²) in [7, 11) is 0. The van der Waals surface area contributed by atoms with Crippen LogP contribution in [0, 0.1) is 5.92 Å². The lowest BCUT2D eigenvalue weighted by Gasteiger charge is -2.29. The van der Waals surface area contributed by atoms with Gasteiger partial charge in [-0.15, -0.1) is 6.58 Å². The van der Waals surface area contributed by atoms with Crippen molar-refractivity contribution >= 4 is 23.9 Å². The quantitative estimate of drug-likeness (QED) is 0.440. The molecule has 3 amide bonds. The SMILES string of the molecule is C=C[C@H]1C[C@@]1(NC(=O)[C@@H]1C[C@@H]2CN1C(=O)[C@H](CCCC)NC(=O)OCCCCCc1cccc(c1)CO2)C(=O)O. The molecule has 0 radical (unpaired) electrons. The molecule has 0 spiro atoms. The van der Waals surface area contributed by atoms with Gasteiger partial charge in [-0.3, -0.25) is 9.59 Å². The Balaban J connectivity index is 1.58. The molecule has 2 fully saturated rings. The van der Waals surface area contributed by atoms with E-state index in [1.54, 1.807) is 0 Å². The van der Waals surface area contributed by atoms with Crippen LogP contribution in [0.2, 0.25) is 0 Å². The molecule has 1 saturated heterocycles. The number of ether oxygens (including phenoxy) is 2. The molecule has 1 saturated carbocycles. The number of cyclic esters (lactones) is 1. The molecule has 1 aromatic rings. The Kier molecular flexibility index (Phi) is 9.84. The molecule has 0 aromatic heterocycles. The van der Waals surface area contributed by atoms with Crippen LogP contribution in [-0.2, 0) is 36.9 Å². The minimum atomic E-state index is -1.41. The zero-order valence-electron chi connectivity index (χ0n) is 23.2. The van der Waals surface area contributed by atoms with Gasteiger partial charge in [-0.2, -0.15) is 0 Å². The highest BCUT2D eigenvalue weighted by Crippen LogP contribution is 2.45. The number of hydrogen-bond acceptors (Lipinski definition) is 6. The smallest absolute Gasteiger partial charge is 0.407 e. The predicted molar refractivity (Wildman–Crippen MR) is 147 cm³/mol. The minimum absolute atomic E-state index is 0.154. The highest BCUT2D eigenvalue weighted by atomic mass is 16.5. The fourth-order valence-corrected chi connectivity index (χ4v) is 5.64. The molecule has 1 aromatic carbocycles. The third-order valence-corrected chi connectivity index (χ3v) is 8.13. The molecule has 218 valence electrons. The lowest BCUT2D eigenvalue weighted by Crippen LogP contribution is -2.56. The lowest BCUT2D eigenvalue weighted by molar-refractivity contribution is -0.145. The molecule has 0 unspecified atom stereocenters. The molecule has 3 N–H and O–H groups in total. The van der Waals surface area contributed by atoms with Crippen molar-refractivity contribution in [2.24, 2.45) is 5.92 Å². The van der Waals surface area contributed by atoms with E-state index >= 15 is 0 Å². The summed E-state index contributed by atoms with van der Waals surface area (Å²) in [6.07, 6.45) is 6.31. The summed E-state index contributed by atoms with van der Waals surface area (Å²) in [6, 6.07) is 6.37. The van der Waals surface area contributed by atoms with Gasteiger partial charge in [0, 0.05) is 18.9 Å². The number of nitrogens with one attached hydrogen (secondary N) is 2. The van der Waals surface area contributed by atoms with Gasteiger partial charge in [-0.05, 0) is 49.7 Å². The van der Waals surface area contributed by atoms with E-state index in [2.05, 4.69) is 29.3 Å². The molecular formula is C30H41N3O7. The fraction of sp³-hybridized carbons (Fsp3) is 0.600. The van der Waals surface area contributed by atoms with Gasteiger partial charge >= 0.3 is 12.1 Å². The first kappa shape index (κ1) is 29.6. The topological polar surface area (TPSA) is 134 Å². The summed E-state index contributed by atoms with van der Waals surface area (Å²) in [6.45, 7) is 6.41. The first-order valence-electron chi connectivity index (χ1n) is 14.4. The molecule has 2 heterocycles. The lowest BCUT2D eigenvalue weighted by atomic mass is 10.0. The number of unbranched alkanes of at least 4 members (excludes halogenated alkanes) is 1. The molecule has 40 heavy (non-hydrogen) atoms. The molecule has 3 aliphatic rings. The molecule has 5 atom stereocenters. The van der Waals surface area contributed by atoms with Crippen LogP contribution in [0.5, 0.6) is 0 Å². The molecule has 4 rings (SSSR count). The zero-order chi connectivity index (χ0) is 28.7. The first-order valence-corrected chi connectivity index (χ1v) is 14.4. The Morgan fingerprint density at radius 1 is 1.25 bits per heavy atom. The number of carbonyl (C=O) groups is 4. The van der Waals surface area contributed by atoms with Crippen LogP contribution in [0.15, 0.2) is 36.9 Å². The van der Waals surface area contributed by atoms with Crippen LogP contribution in [-0.4, -0.2) is 70.8 Å². The van der Waals surface area contributed by atoms with Crippen molar-refractivity contribution in [3.63, 3.8) is 0 Å². The Labute approximate surface area is 235 Å². The number of alkyl carbamates (subject to hydrolysis) is 1. The van der Waals surface area contributed by atoms with E-state index < -0.39 is 47.6 Å². The number of carbonyl (C=O) groups excluding carboxylic acids is 3. The van der Waals surface area contributed by atoms with Gasteiger partial charge in [0.15, 0.2) is 0 Å². The van der Waals surface area contributed by atoms with Crippen molar-refractivity contribution in [1.29, 1.82) is 0 Å². The molecule has 4 bridgehead atoms. The summed E-state index contributed by atoms with van der Waals surface area (Å²) >= 11 is 0. The molecule has 2 aliphatic heterocycles. The van der Waals surface area contributed by atoms with E-state index in [1.165, 1.54) is 16.5 Å². The first-order chi connectivity index (χ1) is 19.3. The van der Waals surface area contributed by atoms with Crippen molar-refractivity contribution in [3.8, 4) is 0 Å². The van der Waals surface area contributed by atoms with Crippen molar-refractivity contribution in [1.82, 2.24) is 15.5 Å². The maximum Gasteiger partial charge on any atom is 0.407 e. The van der Waals surface area contributed by atoms with Crippen LogP contribution in [0.3, 0.4) is 0 Å². The monoisotopic (exact) mass is 555 g/mol. The number of carboxylic acids is 1. The summed E-state index contributed by atoms with van der Waals surface area (Å²) in [5.41, 5.74) is 0.792. The average molecular weight is 556 g/mol. The van der Waals surface area contributed by atoms with Crippen LogP contribution in [0.25, 0.3) is 0 Å². The second-order valence-electron chi connectivity index (χ2n) is 11.1. The highest BCUT2D eigenvalue weighted by molar-refractivity contribution is 5.96. The van der Waals surface area contributed by atoms with Crippen molar-refractivity contribution in [3.05, 3.63) is 48.0 Å². The Morgan fingerprint density at radius 3 is 2.77 bits per heavy atom. The van der Waals surface area contributed by atoms with E-state index in [-0.39, 0.29) is 31.9 Å². The fourth-order valence-electron chi connectivity index (χ4n) is 5.64. The van der Waals surface area contributed by atoms with Gasteiger partial charge in [-0.25, -0.2) is 9.59 Å². The molecule has 1 aliphatic carbocycles. The number of carboxylic acid groups (broad SMARTS) is 1. The standard InChI is InChI=1S/C30H41N3O7/c1-3-5-13-24-27(35)33-18-23(16-25(33)26(34)32-30(28(36)37)17-22(30)4-2)40-19-21-12-9-11-20(15-21)10-7-6-8-14-39-29(38)31-24/h4,9,11-12,15,22-25H,2-3,5-8,10,13-14,16-19H2,1H3,(H,31,38)(H,32,34)(H,36,37)/t22-,23+,24-,25-,30-/m0/s1. The normalized spacial score (nSPS) is 29.4. The maximum atomic E-state index is 13.8. The van der Waals surface area contributed by atoms with Gasteiger partial charge in [0.25, 0.3) is 0 Å². The second-order valence-corrected chi connectivity index (χ2v) is 11.1. The largest absolute Gasteiger partial charge is 0.479 e. The summed E-state index contributed by atoms with van der Waals surface area (Å²) in [5.74, 6) is -2.46. The van der Waals surface area contributed by atoms with Gasteiger partial charge < -0.3 is 30.1 Å². The van der Waals surface area contributed by atoms with Crippen LogP contribution in [0.4, 0.5) is 4.79 Å². The maximum absolute atomic E-state index is 13.8. The number of hydrogen-bond donors (Lipinski definition) is 3. The van der Waals surface area contributed by atoms with Gasteiger partial charge in [0.1, 0.15) is 17.6 Å². The molecule has 10 heteroatoms. The van der Waals surface area contributed by atoms with E-state index in [0.29, 0.717) is 19.4 Å². The van der Waals surface area contributed by atoms with E-state index in [0.717, 1.165) is 37.7 Å². The number of aliphatic carboxylic acids is 1. The number of fused-ring (bicyclic) bond motifs is 4. The van der Waals surface area contributed by atoms with Gasteiger partial charge in [0.05, 0.1) is 19.3 Å². The Morgan fingerprint density at radius 2 is 2.05 bits per heavy atom. The molecular weight excluding hydrogens is 514 g/mol. The van der Waals surface area contributed by atoms with Gasteiger partial charge in [0.2, 0.25) is 11.8 Å². The van der Waals surface area contributed by atoms with E-state index in [9.17, 15) is 24.3 Å². The van der Waals surface area contributed by atoms with E-state index in [1.807, 2.05) is 19.1 Å². The van der Waals surface area contributed by atoms with Crippen molar-refractivity contribution in [2.75, 3.05) is 13.2 Å². The van der Waals surface area contributed by atoms with Crippen LogP contribution < -0.4 is 10.6 Å². The van der Waals surface area contributed by atoms with E-state index in [4.69, 9.17) is 9.47 Å². The Hall–Kier alpha value is -3.40. The number of nitrogens with zero attached hydrogens (tertiary/aromatic N) is 1. The highest BCUT2D eigenvalue weighted by Gasteiger charge is 2.61. The third kappa shape index (κ3) is 7.02. The summed E-state index contributed by atoms with van der Waals surface area (Å²) in [5, 5.41) is 15.2.